The number of hydrogen-bond acceptors (Lipinski definition) is 5. The summed E-state index contributed by atoms with van der Waals surface area (Å²) >= 11 is 5.99. The minimum Gasteiger partial charge on any atom is -0.337 e. The number of benzene rings is 2. The van der Waals surface area contributed by atoms with Crippen molar-refractivity contribution in [3.8, 4) is 22.6 Å². The van der Waals surface area contributed by atoms with Crippen molar-refractivity contribution in [3.05, 3.63) is 88.0 Å². The molecule has 4 aromatic rings. The molecule has 0 N–H and O–H groups in total. The van der Waals surface area contributed by atoms with Gasteiger partial charge < -0.3 is 4.52 Å². The maximum atomic E-state index is 12.1. The van der Waals surface area contributed by atoms with Gasteiger partial charge in [0.05, 0.1) is 5.69 Å². The Morgan fingerprint density at radius 2 is 1.77 bits per heavy atom. The summed E-state index contributed by atoms with van der Waals surface area (Å²) in [5.74, 6) is 0.703. The van der Waals surface area contributed by atoms with Crippen molar-refractivity contribution in [1.29, 1.82) is 0 Å². The molecule has 0 fully saturated rings. The van der Waals surface area contributed by atoms with Crippen molar-refractivity contribution in [2.75, 3.05) is 0 Å². The summed E-state index contributed by atoms with van der Waals surface area (Å²) in [6.07, 6.45) is 0. The highest BCUT2D eigenvalue weighted by Gasteiger charge is 2.11. The quantitative estimate of drug-likeness (QED) is 0.552. The van der Waals surface area contributed by atoms with E-state index in [9.17, 15) is 4.79 Å². The highest BCUT2D eigenvalue weighted by atomic mass is 35.5. The smallest absolute Gasteiger partial charge is 0.267 e. The topological polar surface area (TPSA) is 73.8 Å². The van der Waals surface area contributed by atoms with Crippen LogP contribution in [0.4, 0.5) is 0 Å². The van der Waals surface area contributed by atoms with Gasteiger partial charge in [-0.05, 0) is 18.2 Å². The second-order valence-electron chi connectivity index (χ2n) is 5.60. The fourth-order valence-electron chi connectivity index (χ4n) is 2.52. The molecule has 7 heteroatoms. The van der Waals surface area contributed by atoms with E-state index in [2.05, 4.69) is 15.2 Å². The van der Waals surface area contributed by atoms with Crippen LogP contribution in [0.2, 0.25) is 5.02 Å². The molecule has 6 nitrogen and oxygen atoms in total. The molecular formula is C19H13ClN4O2. The highest BCUT2D eigenvalue weighted by molar-refractivity contribution is 6.30. The predicted octanol–water partition coefficient (Wildman–Crippen LogP) is 3.66. The first-order valence-corrected chi connectivity index (χ1v) is 8.29. The minimum atomic E-state index is -0.243. The largest absolute Gasteiger partial charge is 0.337 e. The molecule has 26 heavy (non-hydrogen) atoms. The predicted molar refractivity (Wildman–Crippen MR) is 97.8 cm³/mol. The summed E-state index contributed by atoms with van der Waals surface area (Å²) in [4.78, 5) is 16.4. The van der Waals surface area contributed by atoms with Gasteiger partial charge >= 0.3 is 0 Å². The molecule has 0 atom stereocenters. The lowest BCUT2D eigenvalue weighted by molar-refractivity contribution is 0.363. The highest BCUT2D eigenvalue weighted by Crippen LogP contribution is 2.20. The van der Waals surface area contributed by atoms with Crippen molar-refractivity contribution in [3.63, 3.8) is 0 Å². The van der Waals surface area contributed by atoms with Crippen LogP contribution < -0.4 is 5.56 Å². The van der Waals surface area contributed by atoms with Crippen LogP contribution >= 0.6 is 11.6 Å². The number of halogens is 1. The van der Waals surface area contributed by atoms with Crippen molar-refractivity contribution in [2.45, 2.75) is 6.54 Å². The zero-order chi connectivity index (χ0) is 17.9. The standard InChI is InChI=1S/C19H13ClN4O2/c20-15-8-4-7-14(11-15)19-21-17(26-23-19)12-24-18(25)10-9-16(22-24)13-5-2-1-3-6-13/h1-11H,12H2. The molecule has 2 aromatic heterocycles. The number of rotatable bonds is 4. The molecule has 2 heterocycles. The first kappa shape index (κ1) is 16.2. The Bertz CT molecular complexity index is 1110. The molecule has 2 aromatic carbocycles. The van der Waals surface area contributed by atoms with E-state index < -0.39 is 0 Å². The molecular weight excluding hydrogens is 352 g/mol. The van der Waals surface area contributed by atoms with Gasteiger partial charge in [0.15, 0.2) is 0 Å². The molecule has 0 aliphatic carbocycles. The Balaban J connectivity index is 1.63. The zero-order valence-electron chi connectivity index (χ0n) is 13.5. The third-order valence-electron chi connectivity index (χ3n) is 3.77. The van der Waals surface area contributed by atoms with Gasteiger partial charge in [-0.2, -0.15) is 10.1 Å². The summed E-state index contributed by atoms with van der Waals surface area (Å²) in [7, 11) is 0. The first-order valence-electron chi connectivity index (χ1n) is 7.91. The monoisotopic (exact) mass is 364 g/mol. The average Bonchev–Trinajstić information content (AvgIpc) is 3.13. The Morgan fingerprint density at radius 1 is 0.962 bits per heavy atom. The van der Waals surface area contributed by atoms with Gasteiger partial charge in [-0.25, -0.2) is 4.68 Å². The summed E-state index contributed by atoms with van der Waals surface area (Å²) < 4.78 is 6.56. The fourth-order valence-corrected chi connectivity index (χ4v) is 2.71. The first-order chi connectivity index (χ1) is 12.7. The molecule has 0 unspecified atom stereocenters. The molecule has 0 bridgehead atoms. The molecule has 0 amide bonds. The zero-order valence-corrected chi connectivity index (χ0v) is 14.3. The molecule has 4 rings (SSSR count). The van der Waals surface area contributed by atoms with E-state index in [1.54, 1.807) is 18.2 Å². The normalized spacial score (nSPS) is 10.8. The Kier molecular flexibility index (Phi) is 4.33. The summed E-state index contributed by atoms with van der Waals surface area (Å²) in [6, 6.07) is 20.0. The Labute approximate surface area is 153 Å². The van der Waals surface area contributed by atoms with Crippen molar-refractivity contribution < 1.29 is 4.52 Å². The minimum absolute atomic E-state index is 0.0903. The SMILES string of the molecule is O=c1ccc(-c2ccccc2)nn1Cc1nc(-c2cccc(Cl)c2)no1. The van der Waals surface area contributed by atoms with Crippen molar-refractivity contribution >= 4 is 11.6 Å². The molecule has 0 saturated heterocycles. The molecule has 0 aliphatic rings. The summed E-state index contributed by atoms with van der Waals surface area (Å²) in [6.45, 7) is 0.0903. The van der Waals surface area contributed by atoms with Crippen molar-refractivity contribution in [1.82, 2.24) is 19.9 Å². The van der Waals surface area contributed by atoms with E-state index in [0.717, 1.165) is 11.1 Å². The second kappa shape index (κ2) is 6.93. The maximum Gasteiger partial charge on any atom is 0.267 e. The Hall–Kier alpha value is -3.25. The van der Waals surface area contributed by atoms with Crippen LogP contribution in [0.3, 0.4) is 0 Å². The van der Waals surface area contributed by atoms with Gasteiger partial charge in [-0.3, -0.25) is 4.79 Å². The fraction of sp³-hybridized carbons (Fsp3) is 0.0526. The van der Waals surface area contributed by atoms with Crippen molar-refractivity contribution in [2.24, 2.45) is 0 Å². The van der Waals surface area contributed by atoms with Crippen LogP contribution in [0, 0.1) is 0 Å². The van der Waals surface area contributed by atoms with Gasteiger partial charge in [0.1, 0.15) is 6.54 Å². The van der Waals surface area contributed by atoms with E-state index >= 15 is 0 Å². The van der Waals surface area contributed by atoms with E-state index in [0.29, 0.717) is 22.4 Å². The third-order valence-corrected chi connectivity index (χ3v) is 4.01. The van der Waals surface area contributed by atoms with Crippen LogP contribution in [0.1, 0.15) is 5.89 Å². The summed E-state index contributed by atoms with van der Waals surface area (Å²) in [5.41, 5.74) is 2.12. The summed E-state index contributed by atoms with van der Waals surface area (Å²) in [5, 5.41) is 8.92. The van der Waals surface area contributed by atoms with E-state index in [1.807, 2.05) is 42.5 Å². The number of hydrogen-bond donors (Lipinski definition) is 0. The van der Waals surface area contributed by atoms with Crippen LogP contribution in [-0.4, -0.2) is 19.9 Å². The molecule has 0 radical (unpaired) electrons. The lowest BCUT2D eigenvalue weighted by atomic mass is 10.1. The van der Waals surface area contributed by atoms with Gasteiger partial charge in [0.25, 0.3) is 5.56 Å². The second-order valence-corrected chi connectivity index (χ2v) is 6.04. The maximum absolute atomic E-state index is 12.1. The third kappa shape index (κ3) is 3.41. The van der Waals surface area contributed by atoms with Gasteiger partial charge in [0.2, 0.25) is 11.7 Å². The van der Waals surface area contributed by atoms with Gasteiger partial charge in [-0.1, -0.05) is 59.2 Å². The van der Waals surface area contributed by atoms with Gasteiger partial charge in [0, 0.05) is 22.2 Å². The molecule has 128 valence electrons. The molecule has 0 saturated carbocycles. The molecule has 0 spiro atoms. The van der Waals surface area contributed by atoms with E-state index in [1.165, 1.54) is 10.7 Å². The van der Waals surface area contributed by atoms with Crippen LogP contribution in [0.15, 0.2) is 76.0 Å². The average molecular weight is 365 g/mol. The van der Waals surface area contributed by atoms with Gasteiger partial charge in [-0.15, -0.1) is 0 Å². The number of nitrogens with zero attached hydrogens (tertiary/aromatic N) is 4. The van der Waals surface area contributed by atoms with Crippen LogP contribution in [0.25, 0.3) is 22.6 Å². The van der Waals surface area contributed by atoms with E-state index in [4.69, 9.17) is 16.1 Å². The van der Waals surface area contributed by atoms with E-state index in [-0.39, 0.29) is 12.1 Å². The Morgan fingerprint density at radius 3 is 2.58 bits per heavy atom. The number of aromatic nitrogens is 4. The lowest BCUT2D eigenvalue weighted by Gasteiger charge is -2.04. The lowest BCUT2D eigenvalue weighted by Crippen LogP contribution is -2.23. The van der Waals surface area contributed by atoms with Crippen LogP contribution in [-0.2, 0) is 6.54 Å². The van der Waals surface area contributed by atoms with Crippen LogP contribution in [0.5, 0.6) is 0 Å². The molecule has 0 aliphatic heterocycles.